The van der Waals surface area contributed by atoms with E-state index >= 15 is 0 Å². The number of nitriles is 1. The molecule has 0 fully saturated rings. The molecule has 0 heterocycles. The van der Waals surface area contributed by atoms with E-state index in [9.17, 15) is 30.3 Å². The van der Waals surface area contributed by atoms with Gasteiger partial charge >= 0.3 is 0 Å². The molecule has 0 saturated carbocycles. The van der Waals surface area contributed by atoms with E-state index in [-0.39, 0.29) is 35.0 Å². The smallest absolute Gasteiger partial charge is 0.271 e. The highest BCUT2D eigenvalue weighted by Crippen LogP contribution is 2.31. The third kappa shape index (κ3) is 6.58. The van der Waals surface area contributed by atoms with Crippen LogP contribution in [0.3, 0.4) is 0 Å². The second-order valence-electron chi connectivity index (χ2n) is 7.39. The van der Waals surface area contributed by atoms with Crippen LogP contribution in [0, 0.1) is 31.6 Å². The molecule has 0 aliphatic carbocycles. The Balaban J connectivity index is 1.78. The Labute approximate surface area is 210 Å². The summed E-state index contributed by atoms with van der Waals surface area (Å²) < 4.78 is 16.2. The van der Waals surface area contributed by atoms with Crippen molar-refractivity contribution in [3.8, 4) is 23.3 Å². The lowest BCUT2D eigenvalue weighted by Crippen LogP contribution is -2.14. The molecule has 188 valence electrons. The zero-order valence-electron chi connectivity index (χ0n) is 19.7. The number of anilines is 1. The molecule has 3 rings (SSSR count). The highest BCUT2D eigenvalue weighted by Gasteiger charge is 2.17. The number of nitro groups is 2. The molecule has 1 N–H and O–H groups in total. The van der Waals surface area contributed by atoms with Crippen molar-refractivity contribution >= 4 is 29.0 Å². The first-order valence-electron chi connectivity index (χ1n) is 10.6. The number of rotatable bonds is 10. The molecule has 0 saturated heterocycles. The number of benzene rings is 3. The summed E-state index contributed by atoms with van der Waals surface area (Å²) in [5, 5.41) is 33.8. The number of nitrogens with zero attached hydrogens (tertiary/aromatic N) is 3. The maximum Gasteiger partial charge on any atom is 0.271 e. The van der Waals surface area contributed by atoms with E-state index in [1.807, 2.05) is 6.07 Å². The molecule has 0 spiro atoms. The van der Waals surface area contributed by atoms with Crippen molar-refractivity contribution in [3.63, 3.8) is 0 Å². The second-order valence-corrected chi connectivity index (χ2v) is 7.39. The van der Waals surface area contributed by atoms with Gasteiger partial charge in [0.2, 0.25) is 0 Å². The van der Waals surface area contributed by atoms with Crippen LogP contribution >= 0.6 is 0 Å². The van der Waals surface area contributed by atoms with Crippen molar-refractivity contribution < 1.29 is 28.9 Å². The minimum absolute atomic E-state index is 0.0289. The average Bonchev–Trinajstić information content (AvgIpc) is 2.90. The largest absolute Gasteiger partial charge is 0.495 e. The van der Waals surface area contributed by atoms with Gasteiger partial charge in [-0.05, 0) is 47.5 Å². The minimum atomic E-state index is -0.793. The van der Waals surface area contributed by atoms with Gasteiger partial charge in [0.25, 0.3) is 17.3 Å². The van der Waals surface area contributed by atoms with E-state index in [0.29, 0.717) is 22.6 Å². The number of hydrogen-bond donors (Lipinski definition) is 1. The van der Waals surface area contributed by atoms with Crippen LogP contribution in [-0.2, 0) is 11.4 Å². The predicted molar refractivity (Wildman–Crippen MR) is 132 cm³/mol. The number of methoxy groups -OCH3 is 2. The fourth-order valence-electron chi connectivity index (χ4n) is 3.18. The predicted octanol–water partition coefficient (Wildman–Crippen LogP) is 4.64. The summed E-state index contributed by atoms with van der Waals surface area (Å²) in [5.74, 6) is 0.0993. The molecule has 1 amide bonds. The Bertz CT molecular complexity index is 1410. The number of ether oxygens (including phenoxy) is 3. The van der Waals surface area contributed by atoms with Gasteiger partial charge in [-0.15, -0.1) is 0 Å². The highest BCUT2D eigenvalue weighted by atomic mass is 16.6. The molecule has 3 aromatic carbocycles. The van der Waals surface area contributed by atoms with Gasteiger partial charge in [-0.1, -0.05) is 6.07 Å². The topological polar surface area (TPSA) is 167 Å². The summed E-state index contributed by atoms with van der Waals surface area (Å²) in [6.07, 6.45) is 1.32. The molecule has 0 aliphatic rings. The van der Waals surface area contributed by atoms with E-state index in [2.05, 4.69) is 5.32 Å². The summed E-state index contributed by atoms with van der Waals surface area (Å²) in [4.78, 5) is 33.5. The van der Waals surface area contributed by atoms with Gasteiger partial charge in [0.15, 0.2) is 11.5 Å². The van der Waals surface area contributed by atoms with E-state index in [4.69, 9.17) is 14.2 Å². The number of nitrogens with one attached hydrogen (secondary N) is 1. The quantitative estimate of drug-likeness (QED) is 0.179. The van der Waals surface area contributed by atoms with Crippen molar-refractivity contribution in [3.05, 3.63) is 97.6 Å². The molecule has 0 aliphatic heterocycles. The van der Waals surface area contributed by atoms with Crippen LogP contribution in [0.2, 0.25) is 0 Å². The van der Waals surface area contributed by atoms with Crippen LogP contribution in [-0.4, -0.2) is 30.0 Å². The molecule has 12 heteroatoms. The van der Waals surface area contributed by atoms with Gasteiger partial charge in [0.05, 0.1) is 29.8 Å². The molecule has 0 radical (unpaired) electrons. The summed E-state index contributed by atoms with van der Waals surface area (Å²) in [6.45, 7) is 0.125. The van der Waals surface area contributed by atoms with Crippen LogP contribution in [0.5, 0.6) is 17.2 Å². The molecule has 0 unspecified atom stereocenters. The van der Waals surface area contributed by atoms with Gasteiger partial charge < -0.3 is 19.5 Å². The van der Waals surface area contributed by atoms with E-state index in [1.165, 1.54) is 44.6 Å². The van der Waals surface area contributed by atoms with Gasteiger partial charge in [-0.3, -0.25) is 25.0 Å². The van der Waals surface area contributed by atoms with Crippen molar-refractivity contribution in [2.45, 2.75) is 6.61 Å². The number of hydrogen-bond acceptors (Lipinski definition) is 9. The number of carbonyl (C=O) groups is 1. The van der Waals surface area contributed by atoms with Gasteiger partial charge in [-0.25, -0.2) is 0 Å². The summed E-state index contributed by atoms with van der Waals surface area (Å²) in [6, 6.07) is 16.2. The molecule has 0 aromatic heterocycles. The van der Waals surface area contributed by atoms with Gasteiger partial charge in [0.1, 0.15) is 24.0 Å². The third-order valence-electron chi connectivity index (χ3n) is 5.05. The summed E-state index contributed by atoms with van der Waals surface area (Å²) in [5.41, 5.74) is 0.644. The molecule has 0 bridgehead atoms. The number of amides is 1. The monoisotopic (exact) mass is 504 g/mol. The maximum absolute atomic E-state index is 12.7. The Hall–Kier alpha value is -5.44. The Morgan fingerprint density at radius 2 is 1.54 bits per heavy atom. The summed E-state index contributed by atoms with van der Waals surface area (Å²) >= 11 is 0. The van der Waals surface area contributed by atoms with Crippen molar-refractivity contribution in [1.29, 1.82) is 5.26 Å². The average molecular weight is 504 g/mol. The van der Waals surface area contributed by atoms with Crippen LogP contribution in [0.1, 0.15) is 11.1 Å². The number of nitro benzene ring substituents is 2. The lowest BCUT2D eigenvalue weighted by atomic mass is 10.1. The van der Waals surface area contributed by atoms with Crippen molar-refractivity contribution in [1.82, 2.24) is 0 Å². The zero-order chi connectivity index (χ0) is 26.9. The minimum Gasteiger partial charge on any atom is -0.495 e. The Morgan fingerprint density at radius 3 is 2.14 bits per heavy atom. The normalized spacial score (nSPS) is 10.7. The first-order chi connectivity index (χ1) is 17.7. The fraction of sp³-hybridized carbons (Fsp3) is 0.120. The Kier molecular flexibility index (Phi) is 8.35. The number of non-ortho nitro benzene ring substituents is 2. The molecule has 0 atom stereocenters. The second kappa shape index (κ2) is 11.8. The SMILES string of the molecule is COc1ccc([N+](=O)[O-])cc1NC(=O)/C(C#N)=C/c1ccc(OCc2ccc([N+](=O)[O-])cc2)c(OC)c1. The molecular weight excluding hydrogens is 484 g/mol. The van der Waals surface area contributed by atoms with Crippen molar-refractivity contribution in [2.24, 2.45) is 0 Å². The lowest BCUT2D eigenvalue weighted by molar-refractivity contribution is -0.385. The standard InChI is InChI=1S/C25H20N4O8/c1-35-22-10-8-20(29(33)34)13-21(22)27-25(30)18(14-26)11-17-5-9-23(24(12-17)36-2)37-15-16-3-6-19(7-4-16)28(31)32/h3-13H,15H2,1-2H3,(H,27,30)/b18-11+. The van der Waals surface area contributed by atoms with Crippen molar-refractivity contribution in [2.75, 3.05) is 19.5 Å². The van der Waals surface area contributed by atoms with Crippen LogP contribution < -0.4 is 19.5 Å². The van der Waals surface area contributed by atoms with Crippen LogP contribution in [0.15, 0.2) is 66.2 Å². The highest BCUT2D eigenvalue weighted by molar-refractivity contribution is 6.10. The van der Waals surface area contributed by atoms with E-state index in [0.717, 1.165) is 6.07 Å². The van der Waals surface area contributed by atoms with E-state index in [1.54, 1.807) is 30.3 Å². The van der Waals surface area contributed by atoms with Crippen LogP contribution in [0.25, 0.3) is 6.08 Å². The Morgan fingerprint density at radius 1 is 0.919 bits per heavy atom. The van der Waals surface area contributed by atoms with Crippen LogP contribution in [0.4, 0.5) is 17.1 Å². The maximum atomic E-state index is 12.7. The molecular formula is C25H20N4O8. The molecule has 3 aromatic rings. The number of carbonyl (C=O) groups excluding carboxylic acids is 1. The lowest BCUT2D eigenvalue weighted by Gasteiger charge is -2.12. The van der Waals surface area contributed by atoms with Gasteiger partial charge in [0, 0.05) is 24.3 Å². The first-order valence-corrected chi connectivity index (χ1v) is 10.6. The summed E-state index contributed by atoms with van der Waals surface area (Å²) in [7, 11) is 2.77. The van der Waals surface area contributed by atoms with E-state index < -0.39 is 15.8 Å². The fourth-order valence-corrected chi connectivity index (χ4v) is 3.18. The zero-order valence-corrected chi connectivity index (χ0v) is 19.7. The first kappa shape index (κ1) is 26.2. The molecule has 37 heavy (non-hydrogen) atoms. The molecule has 12 nitrogen and oxygen atoms in total. The van der Waals surface area contributed by atoms with Gasteiger partial charge in [-0.2, -0.15) is 5.26 Å². The third-order valence-corrected chi connectivity index (χ3v) is 5.05.